The number of benzene rings is 1. The molecule has 166 valence electrons. The Morgan fingerprint density at radius 3 is 2.50 bits per heavy atom. The van der Waals surface area contributed by atoms with Crippen molar-refractivity contribution in [3.05, 3.63) is 58.3 Å². The number of anilines is 2. The number of piperidine rings is 1. The van der Waals surface area contributed by atoms with E-state index in [-0.39, 0.29) is 5.91 Å². The van der Waals surface area contributed by atoms with Gasteiger partial charge in [0.1, 0.15) is 5.82 Å². The molecule has 0 spiro atoms. The van der Waals surface area contributed by atoms with Gasteiger partial charge in [-0.2, -0.15) is 0 Å². The number of nitrogens with one attached hydrogen (secondary N) is 2. The third-order valence-electron chi connectivity index (χ3n) is 6.56. The Morgan fingerprint density at radius 2 is 1.78 bits per heavy atom. The summed E-state index contributed by atoms with van der Waals surface area (Å²) < 4.78 is 0.809. The van der Waals surface area contributed by atoms with E-state index in [4.69, 9.17) is 0 Å². The molecule has 1 aromatic carbocycles. The van der Waals surface area contributed by atoms with Crippen LogP contribution in [0.5, 0.6) is 0 Å². The first-order chi connectivity index (χ1) is 15.6. The van der Waals surface area contributed by atoms with E-state index in [1.54, 1.807) is 30.6 Å². The Balaban J connectivity index is 1.25. The van der Waals surface area contributed by atoms with E-state index in [9.17, 15) is 9.59 Å². The van der Waals surface area contributed by atoms with Gasteiger partial charge in [0.05, 0.1) is 17.5 Å². The lowest BCUT2D eigenvalue weighted by Gasteiger charge is -2.37. The Kier molecular flexibility index (Phi) is 5.97. The number of likely N-dealkylation sites (tertiary alicyclic amines) is 1. The van der Waals surface area contributed by atoms with Crippen molar-refractivity contribution < 1.29 is 9.59 Å². The molecule has 0 unspecified atom stereocenters. The molecule has 0 radical (unpaired) electrons. The van der Waals surface area contributed by atoms with Gasteiger partial charge in [0.15, 0.2) is 0 Å². The maximum absolute atomic E-state index is 12.4. The molecule has 0 atom stereocenters. The highest BCUT2D eigenvalue weighted by Crippen LogP contribution is 2.28. The lowest BCUT2D eigenvalue weighted by atomic mass is 9.95. The third-order valence-corrected chi connectivity index (χ3v) is 7.06. The van der Waals surface area contributed by atoms with E-state index in [2.05, 4.69) is 41.3 Å². The monoisotopic (exact) mass is 495 g/mol. The summed E-state index contributed by atoms with van der Waals surface area (Å²) in [5.41, 5.74) is 2.28. The van der Waals surface area contributed by atoms with E-state index >= 15 is 0 Å². The van der Waals surface area contributed by atoms with Gasteiger partial charge in [0.25, 0.3) is 11.8 Å². The zero-order valence-electron chi connectivity index (χ0n) is 17.8. The average molecular weight is 496 g/mol. The van der Waals surface area contributed by atoms with Gasteiger partial charge in [-0.25, -0.2) is 4.98 Å². The lowest BCUT2D eigenvalue weighted by molar-refractivity contribution is -0.114. The largest absolute Gasteiger partial charge is 0.360 e. The summed E-state index contributed by atoms with van der Waals surface area (Å²) >= 11 is 3.41. The van der Waals surface area contributed by atoms with Crippen LogP contribution in [0.25, 0.3) is 5.57 Å². The second-order valence-corrected chi connectivity index (χ2v) is 9.46. The summed E-state index contributed by atoms with van der Waals surface area (Å²) in [6.07, 6.45) is 8.48. The highest BCUT2D eigenvalue weighted by Gasteiger charge is 2.28. The molecule has 3 aliphatic heterocycles. The predicted molar refractivity (Wildman–Crippen MR) is 128 cm³/mol. The zero-order chi connectivity index (χ0) is 22.1. The molecule has 3 aliphatic rings. The fourth-order valence-electron chi connectivity index (χ4n) is 4.82. The number of rotatable bonds is 4. The quantitative estimate of drug-likeness (QED) is 0.498. The minimum atomic E-state index is -0.418. The Bertz CT molecular complexity index is 1050. The van der Waals surface area contributed by atoms with Crippen LogP contribution < -0.4 is 15.5 Å². The molecule has 7 nitrogen and oxygen atoms in total. The van der Waals surface area contributed by atoms with Gasteiger partial charge in [-0.15, -0.1) is 0 Å². The normalized spacial score (nSPS) is 21.0. The summed E-state index contributed by atoms with van der Waals surface area (Å²) in [5.74, 6) is 0.186. The maximum atomic E-state index is 12.4. The number of carbonyl (C=O) groups is 2. The van der Waals surface area contributed by atoms with Crippen molar-refractivity contribution in [2.24, 2.45) is 0 Å². The van der Waals surface area contributed by atoms with Gasteiger partial charge in [-0.05, 0) is 69.1 Å². The first-order valence-corrected chi connectivity index (χ1v) is 11.9. The SMILES string of the molecule is O=C1NC(=O)c2ccc(Br)cc2/C1=C/Nc1ccc(N2CCC(N3CCCC3)CC2)nc1. The van der Waals surface area contributed by atoms with Gasteiger partial charge in [0, 0.05) is 40.9 Å². The molecule has 2 saturated heterocycles. The second kappa shape index (κ2) is 9.03. The number of hydrogen-bond acceptors (Lipinski definition) is 6. The summed E-state index contributed by atoms with van der Waals surface area (Å²) in [5, 5.41) is 5.55. The van der Waals surface area contributed by atoms with Crippen LogP contribution in [0.1, 0.15) is 41.6 Å². The molecule has 0 saturated carbocycles. The molecule has 2 N–H and O–H groups in total. The molecule has 8 heteroatoms. The van der Waals surface area contributed by atoms with Crippen LogP contribution in [0.15, 0.2) is 47.2 Å². The number of amides is 2. The van der Waals surface area contributed by atoms with Crippen LogP contribution in [0.4, 0.5) is 11.5 Å². The lowest BCUT2D eigenvalue weighted by Crippen LogP contribution is -2.44. The van der Waals surface area contributed by atoms with E-state index in [0.29, 0.717) is 16.7 Å². The number of nitrogens with zero attached hydrogens (tertiary/aromatic N) is 3. The summed E-state index contributed by atoms with van der Waals surface area (Å²) in [4.78, 5) is 34.1. The summed E-state index contributed by atoms with van der Waals surface area (Å²) in [7, 11) is 0. The first-order valence-electron chi connectivity index (χ1n) is 11.2. The average Bonchev–Trinajstić information content (AvgIpc) is 3.34. The molecule has 4 heterocycles. The predicted octanol–water partition coefficient (Wildman–Crippen LogP) is 3.63. The van der Waals surface area contributed by atoms with E-state index < -0.39 is 5.91 Å². The van der Waals surface area contributed by atoms with Gasteiger partial charge >= 0.3 is 0 Å². The van der Waals surface area contributed by atoms with Gasteiger partial charge in [-0.3, -0.25) is 14.9 Å². The smallest absolute Gasteiger partial charge is 0.260 e. The van der Waals surface area contributed by atoms with E-state index in [1.807, 2.05) is 12.1 Å². The number of fused-ring (bicyclic) bond motifs is 1. The minimum Gasteiger partial charge on any atom is -0.360 e. The number of hydrogen-bond donors (Lipinski definition) is 2. The van der Waals surface area contributed by atoms with Crippen molar-refractivity contribution in [3.63, 3.8) is 0 Å². The molecule has 2 fully saturated rings. The maximum Gasteiger partial charge on any atom is 0.260 e. The summed E-state index contributed by atoms with van der Waals surface area (Å²) in [6.45, 7) is 4.58. The van der Waals surface area contributed by atoms with E-state index in [0.717, 1.165) is 35.1 Å². The van der Waals surface area contributed by atoms with Crippen LogP contribution in [0, 0.1) is 0 Å². The zero-order valence-corrected chi connectivity index (χ0v) is 19.4. The van der Waals surface area contributed by atoms with Crippen LogP contribution in [0.3, 0.4) is 0 Å². The van der Waals surface area contributed by atoms with Crippen molar-refractivity contribution in [2.75, 3.05) is 36.4 Å². The Labute approximate surface area is 196 Å². The standard InChI is InChI=1S/C24H26BrN5O2/c25-16-3-5-19-20(13-16)21(24(32)28-23(19)31)15-26-17-4-6-22(27-14-17)30-11-7-18(8-12-30)29-9-1-2-10-29/h3-6,13-15,18,26H,1-2,7-12H2,(H,28,31,32)/b21-15-. The number of aromatic nitrogens is 1. The molecular weight excluding hydrogens is 470 g/mol. The number of carbonyl (C=O) groups excluding carboxylic acids is 2. The highest BCUT2D eigenvalue weighted by atomic mass is 79.9. The fraction of sp³-hybridized carbons (Fsp3) is 0.375. The summed E-state index contributed by atoms with van der Waals surface area (Å²) in [6, 6.07) is 9.99. The van der Waals surface area contributed by atoms with Crippen LogP contribution in [-0.4, -0.2) is 53.9 Å². The topological polar surface area (TPSA) is 77.6 Å². The second-order valence-electron chi connectivity index (χ2n) is 8.54. The number of pyridine rings is 1. The van der Waals surface area contributed by atoms with Crippen LogP contribution in [-0.2, 0) is 4.79 Å². The van der Waals surface area contributed by atoms with Crippen molar-refractivity contribution in [2.45, 2.75) is 31.7 Å². The third kappa shape index (κ3) is 4.29. The number of imide groups is 1. The van der Waals surface area contributed by atoms with Gasteiger partial charge in [0.2, 0.25) is 0 Å². The van der Waals surface area contributed by atoms with Crippen LogP contribution in [0.2, 0.25) is 0 Å². The molecule has 0 aliphatic carbocycles. The van der Waals surface area contributed by atoms with Crippen molar-refractivity contribution in [1.29, 1.82) is 0 Å². The van der Waals surface area contributed by atoms with Crippen LogP contribution >= 0.6 is 15.9 Å². The van der Waals surface area contributed by atoms with Crippen molar-refractivity contribution in [1.82, 2.24) is 15.2 Å². The molecule has 5 rings (SSSR count). The van der Waals surface area contributed by atoms with E-state index in [1.165, 1.54) is 38.8 Å². The molecule has 1 aromatic heterocycles. The molecule has 2 aromatic rings. The Morgan fingerprint density at radius 1 is 1.00 bits per heavy atom. The molecule has 32 heavy (non-hydrogen) atoms. The highest BCUT2D eigenvalue weighted by molar-refractivity contribution is 9.10. The van der Waals surface area contributed by atoms with Gasteiger partial charge < -0.3 is 15.1 Å². The fourth-order valence-corrected chi connectivity index (χ4v) is 5.18. The number of halogens is 1. The van der Waals surface area contributed by atoms with Gasteiger partial charge in [-0.1, -0.05) is 15.9 Å². The van der Waals surface area contributed by atoms with Crippen molar-refractivity contribution >= 4 is 44.8 Å². The minimum absolute atomic E-state index is 0.380. The Hall–Kier alpha value is -2.71. The first kappa shape index (κ1) is 21.2. The van der Waals surface area contributed by atoms with Crippen molar-refractivity contribution in [3.8, 4) is 0 Å². The molecule has 0 bridgehead atoms. The molecule has 2 amide bonds. The molecular formula is C24H26BrN5O2.